The molecule has 3 aliphatic rings. The summed E-state index contributed by atoms with van der Waals surface area (Å²) in [6.45, 7) is 7.41. The Morgan fingerprint density at radius 1 is 1.20 bits per heavy atom. The number of nitrogens with one attached hydrogen (secondary N) is 2. The Balaban J connectivity index is 1.61. The van der Waals surface area contributed by atoms with Gasteiger partial charge in [0, 0.05) is 23.8 Å². The summed E-state index contributed by atoms with van der Waals surface area (Å²) in [6.07, 6.45) is 5.00. The van der Waals surface area contributed by atoms with Gasteiger partial charge in [0.1, 0.15) is 6.04 Å². The summed E-state index contributed by atoms with van der Waals surface area (Å²) in [7, 11) is 0. The van der Waals surface area contributed by atoms with Crippen LogP contribution in [0.1, 0.15) is 65.2 Å². The van der Waals surface area contributed by atoms with Gasteiger partial charge in [-0.15, -0.1) is 0 Å². The molecule has 1 aromatic rings. The summed E-state index contributed by atoms with van der Waals surface area (Å²) in [5.74, 6) is -0.118. The second kappa shape index (κ2) is 6.30. The van der Waals surface area contributed by atoms with Crippen molar-refractivity contribution >= 4 is 11.8 Å². The fourth-order valence-corrected chi connectivity index (χ4v) is 4.37. The first-order valence-electron chi connectivity index (χ1n) is 9.21. The van der Waals surface area contributed by atoms with Gasteiger partial charge in [-0.2, -0.15) is 0 Å². The number of benzene rings is 1. The zero-order chi connectivity index (χ0) is 17.6. The van der Waals surface area contributed by atoms with Crippen LogP contribution in [0.4, 0.5) is 0 Å². The fourth-order valence-electron chi connectivity index (χ4n) is 4.37. The largest absolute Gasteiger partial charge is 0.329 e. The molecule has 0 aromatic heterocycles. The van der Waals surface area contributed by atoms with E-state index in [2.05, 4.69) is 29.3 Å². The van der Waals surface area contributed by atoms with Crippen molar-refractivity contribution in [1.82, 2.24) is 15.5 Å². The number of allylic oxidation sites excluding steroid dienone is 1. The number of aryl methyl sites for hydroxylation is 1. The van der Waals surface area contributed by atoms with Crippen LogP contribution < -0.4 is 10.6 Å². The highest BCUT2D eigenvalue weighted by atomic mass is 16.2. The predicted octanol–water partition coefficient (Wildman–Crippen LogP) is 2.56. The molecular weight excluding hydrogens is 314 g/mol. The summed E-state index contributed by atoms with van der Waals surface area (Å²) in [5.41, 5.74) is 4.88. The Kier molecular flexibility index (Phi) is 4.12. The summed E-state index contributed by atoms with van der Waals surface area (Å²) < 4.78 is 0. The van der Waals surface area contributed by atoms with Gasteiger partial charge in [0.15, 0.2) is 0 Å². The minimum absolute atomic E-state index is 0.0108. The van der Waals surface area contributed by atoms with Crippen LogP contribution in [0.15, 0.2) is 24.4 Å². The second-order valence-corrected chi connectivity index (χ2v) is 7.45. The van der Waals surface area contributed by atoms with E-state index in [9.17, 15) is 9.59 Å². The van der Waals surface area contributed by atoms with Crippen molar-refractivity contribution in [1.29, 1.82) is 0 Å². The van der Waals surface area contributed by atoms with Crippen molar-refractivity contribution in [2.24, 2.45) is 0 Å². The molecule has 2 atom stereocenters. The van der Waals surface area contributed by atoms with Gasteiger partial charge in [-0.25, -0.2) is 0 Å². The van der Waals surface area contributed by atoms with Crippen molar-refractivity contribution in [3.05, 3.63) is 46.7 Å². The number of piperidine rings is 2. The summed E-state index contributed by atoms with van der Waals surface area (Å²) in [5, 5.41) is 6.37. The molecule has 0 bridgehead atoms. The van der Waals surface area contributed by atoms with Crippen molar-refractivity contribution in [2.75, 3.05) is 6.54 Å². The van der Waals surface area contributed by atoms with E-state index in [-0.39, 0.29) is 17.9 Å². The maximum Gasteiger partial charge on any atom is 0.255 e. The maximum absolute atomic E-state index is 12.9. The Labute approximate surface area is 148 Å². The number of fused-ring (bicyclic) bond motifs is 1. The van der Waals surface area contributed by atoms with Crippen molar-refractivity contribution < 1.29 is 9.59 Å². The van der Waals surface area contributed by atoms with Crippen LogP contribution in [0, 0.1) is 6.92 Å². The van der Waals surface area contributed by atoms with Crippen LogP contribution in [-0.4, -0.2) is 29.3 Å². The van der Waals surface area contributed by atoms with E-state index in [1.807, 2.05) is 6.92 Å². The smallest absolute Gasteiger partial charge is 0.255 e. The Bertz CT molecular complexity index is 750. The van der Waals surface area contributed by atoms with E-state index in [1.165, 1.54) is 18.4 Å². The molecule has 2 N–H and O–H groups in total. The molecule has 25 heavy (non-hydrogen) atoms. The SMILES string of the molecule is C=C1CCC(N2Cc3cc(C4CCCCN4)cc(C)c3C2=O)C(=O)N1. The average Bonchev–Trinajstić information content (AvgIpc) is 2.93. The van der Waals surface area contributed by atoms with Gasteiger partial charge in [0.05, 0.1) is 0 Å². The minimum Gasteiger partial charge on any atom is -0.329 e. The molecule has 0 aliphatic carbocycles. The first-order chi connectivity index (χ1) is 12.0. The third-order valence-corrected chi connectivity index (χ3v) is 5.67. The average molecular weight is 339 g/mol. The normalized spacial score (nSPS) is 26.6. The molecule has 3 heterocycles. The van der Waals surface area contributed by atoms with E-state index < -0.39 is 0 Å². The number of hydrogen-bond donors (Lipinski definition) is 2. The number of hydrogen-bond acceptors (Lipinski definition) is 3. The zero-order valence-electron chi connectivity index (χ0n) is 14.7. The van der Waals surface area contributed by atoms with Gasteiger partial charge < -0.3 is 15.5 Å². The highest BCUT2D eigenvalue weighted by Crippen LogP contribution is 2.34. The molecular formula is C20H25N3O2. The minimum atomic E-state index is -0.388. The molecule has 2 unspecified atom stereocenters. The van der Waals surface area contributed by atoms with Crippen molar-refractivity contribution in [2.45, 2.75) is 57.7 Å². The standard InChI is InChI=1S/C20H25N3O2/c1-12-9-14(16-5-3-4-8-21-16)10-15-11-23(20(25)18(12)15)17-7-6-13(2)22-19(17)24/h9-10,16-17,21H,2-8,11H2,1H3,(H,22,24). The van der Waals surface area contributed by atoms with Crippen LogP contribution in [0.5, 0.6) is 0 Å². The predicted molar refractivity (Wildman–Crippen MR) is 96.0 cm³/mol. The number of nitrogens with zero attached hydrogens (tertiary/aromatic N) is 1. The van der Waals surface area contributed by atoms with Crippen LogP contribution in [0.25, 0.3) is 0 Å². The fraction of sp³-hybridized carbons (Fsp3) is 0.500. The molecule has 2 amide bonds. The molecule has 132 valence electrons. The van der Waals surface area contributed by atoms with E-state index in [1.54, 1.807) is 4.90 Å². The first kappa shape index (κ1) is 16.3. The van der Waals surface area contributed by atoms with Crippen molar-refractivity contribution in [3.8, 4) is 0 Å². The van der Waals surface area contributed by atoms with Gasteiger partial charge in [-0.05, 0) is 55.8 Å². The van der Waals surface area contributed by atoms with E-state index in [0.29, 0.717) is 19.0 Å². The monoisotopic (exact) mass is 339 g/mol. The lowest BCUT2D eigenvalue weighted by Crippen LogP contribution is -2.49. The number of rotatable bonds is 2. The Morgan fingerprint density at radius 3 is 2.76 bits per heavy atom. The highest BCUT2D eigenvalue weighted by molar-refractivity contribution is 6.02. The molecule has 0 saturated carbocycles. The lowest BCUT2D eigenvalue weighted by molar-refractivity contribution is -0.126. The van der Waals surface area contributed by atoms with Gasteiger partial charge in [-0.1, -0.05) is 25.1 Å². The third kappa shape index (κ3) is 2.86. The number of carbonyl (C=O) groups excluding carboxylic acids is 2. The van der Waals surface area contributed by atoms with E-state index in [4.69, 9.17) is 0 Å². The Hall–Kier alpha value is -2.14. The molecule has 3 aliphatic heterocycles. The molecule has 0 radical (unpaired) electrons. The van der Waals surface area contributed by atoms with Crippen molar-refractivity contribution in [3.63, 3.8) is 0 Å². The van der Waals surface area contributed by atoms with Gasteiger partial charge in [0.25, 0.3) is 5.91 Å². The van der Waals surface area contributed by atoms with E-state index >= 15 is 0 Å². The van der Waals surface area contributed by atoms with E-state index in [0.717, 1.165) is 41.8 Å². The summed E-state index contributed by atoms with van der Waals surface area (Å²) in [4.78, 5) is 27.0. The van der Waals surface area contributed by atoms with Gasteiger partial charge >= 0.3 is 0 Å². The molecule has 1 aromatic carbocycles. The van der Waals surface area contributed by atoms with Gasteiger partial charge in [0.2, 0.25) is 5.91 Å². The second-order valence-electron chi connectivity index (χ2n) is 7.45. The summed E-state index contributed by atoms with van der Waals surface area (Å²) in [6, 6.07) is 4.30. The topological polar surface area (TPSA) is 61.4 Å². The van der Waals surface area contributed by atoms with Crippen LogP contribution in [0.3, 0.4) is 0 Å². The van der Waals surface area contributed by atoms with Crippen LogP contribution in [0.2, 0.25) is 0 Å². The molecule has 4 rings (SSSR count). The molecule has 5 nitrogen and oxygen atoms in total. The molecule has 0 spiro atoms. The lowest BCUT2D eigenvalue weighted by Gasteiger charge is -2.31. The highest BCUT2D eigenvalue weighted by Gasteiger charge is 2.39. The summed E-state index contributed by atoms with van der Waals surface area (Å²) >= 11 is 0. The first-order valence-corrected chi connectivity index (χ1v) is 9.21. The third-order valence-electron chi connectivity index (χ3n) is 5.67. The molecule has 5 heteroatoms. The zero-order valence-corrected chi connectivity index (χ0v) is 14.7. The number of amides is 2. The van der Waals surface area contributed by atoms with Crippen LogP contribution >= 0.6 is 0 Å². The molecule has 2 fully saturated rings. The lowest BCUT2D eigenvalue weighted by atomic mass is 9.92. The Morgan fingerprint density at radius 2 is 2.04 bits per heavy atom. The quantitative estimate of drug-likeness (QED) is 0.870. The number of carbonyl (C=O) groups is 2. The van der Waals surface area contributed by atoms with Crippen LogP contribution in [-0.2, 0) is 11.3 Å². The van der Waals surface area contributed by atoms with Gasteiger partial charge in [-0.3, -0.25) is 9.59 Å². The maximum atomic E-state index is 12.9. The molecule has 2 saturated heterocycles.